The second-order valence-electron chi connectivity index (χ2n) is 4.77. The van der Waals surface area contributed by atoms with E-state index in [-0.39, 0.29) is 0 Å². The van der Waals surface area contributed by atoms with Gasteiger partial charge < -0.3 is 4.74 Å². The van der Waals surface area contributed by atoms with Crippen LogP contribution < -0.4 is 4.74 Å². The Morgan fingerprint density at radius 1 is 1.25 bits per heavy atom. The summed E-state index contributed by atoms with van der Waals surface area (Å²) in [7, 11) is 1.67. The molecule has 20 heavy (non-hydrogen) atoms. The molecule has 1 aromatic heterocycles. The van der Waals surface area contributed by atoms with Gasteiger partial charge in [-0.2, -0.15) is 5.10 Å². The second-order valence-corrected chi connectivity index (χ2v) is 5.08. The number of methoxy groups -OCH3 is 1. The van der Waals surface area contributed by atoms with Gasteiger partial charge in [-0.1, -0.05) is 12.1 Å². The molecule has 2 rings (SSSR count). The van der Waals surface area contributed by atoms with Crippen molar-refractivity contribution in [2.24, 2.45) is 5.92 Å². The highest BCUT2D eigenvalue weighted by atomic mass is 35.5. The zero-order valence-corrected chi connectivity index (χ0v) is 12.7. The average molecular weight is 294 g/mol. The largest absolute Gasteiger partial charge is 0.497 e. The monoisotopic (exact) mass is 293 g/mol. The number of ether oxygens (including phenoxy) is 1. The van der Waals surface area contributed by atoms with Gasteiger partial charge in [-0.15, -0.1) is 11.6 Å². The van der Waals surface area contributed by atoms with Gasteiger partial charge in [-0.25, -0.2) is 4.98 Å². The lowest BCUT2D eigenvalue weighted by Crippen LogP contribution is -2.14. The maximum Gasteiger partial charge on any atom is 0.138 e. The number of hydrogen-bond donors (Lipinski definition) is 0. The van der Waals surface area contributed by atoms with E-state index in [1.54, 1.807) is 13.4 Å². The van der Waals surface area contributed by atoms with Crippen molar-refractivity contribution in [3.8, 4) is 5.75 Å². The molecule has 0 radical (unpaired) electrons. The first-order valence-electron chi connectivity index (χ1n) is 6.82. The summed E-state index contributed by atoms with van der Waals surface area (Å²) in [6, 6.07) is 8.14. The third-order valence-electron chi connectivity index (χ3n) is 3.37. The summed E-state index contributed by atoms with van der Waals surface area (Å²) < 4.78 is 7.09. The van der Waals surface area contributed by atoms with E-state index in [0.717, 1.165) is 31.0 Å². The van der Waals surface area contributed by atoms with Crippen molar-refractivity contribution in [1.82, 2.24) is 14.8 Å². The molecule has 1 unspecified atom stereocenters. The van der Waals surface area contributed by atoms with Gasteiger partial charge in [0.15, 0.2) is 0 Å². The van der Waals surface area contributed by atoms with Gasteiger partial charge in [0.05, 0.1) is 7.11 Å². The molecule has 1 aromatic carbocycles. The molecule has 0 N–H and O–H groups in total. The Hall–Kier alpha value is -1.55. The number of nitrogens with zero attached hydrogens (tertiary/aromatic N) is 3. The SMILES string of the molecule is CCn1ncnc1CC(CCl)Cc1ccc(OC)cc1. The van der Waals surface area contributed by atoms with Crippen molar-refractivity contribution < 1.29 is 4.74 Å². The summed E-state index contributed by atoms with van der Waals surface area (Å²) in [5, 5.41) is 4.20. The molecule has 108 valence electrons. The van der Waals surface area contributed by atoms with Gasteiger partial charge in [0, 0.05) is 18.8 Å². The minimum Gasteiger partial charge on any atom is -0.497 e. The first kappa shape index (κ1) is 14.9. The second kappa shape index (κ2) is 7.29. The lowest BCUT2D eigenvalue weighted by Gasteiger charge is -2.14. The van der Waals surface area contributed by atoms with Gasteiger partial charge in [-0.05, 0) is 37.0 Å². The molecule has 2 aromatic rings. The van der Waals surface area contributed by atoms with Crippen molar-refractivity contribution >= 4 is 11.6 Å². The zero-order valence-electron chi connectivity index (χ0n) is 11.9. The van der Waals surface area contributed by atoms with Crippen LogP contribution in [-0.2, 0) is 19.4 Å². The maximum atomic E-state index is 6.11. The fraction of sp³-hybridized carbons (Fsp3) is 0.467. The Kier molecular flexibility index (Phi) is 5.41. The molecule has 0 bridgehead atoms. The molecule has 1 atom stereocenters. The molecule has 0 spiro atoms. The minimum absolute atomic E-state index is 0.361. The van der Waals surface area contributed by atoms with E-state index in [2.05, 4.69) is 29.1 Å². The number of halogens is 1. The van der Waals surface area contributed by atoms with E-state index in [9.17, 15) is 0 Å². The molecule has 0 aliphatic carbocycles. The fourth-order valence-electron chi connectivity index (χ4n) is 2.24. The highest BCUT2D eigenvalue weighted by Gasteiger charge is 2.13. The lowest BCUT2D eigenvalue weighted by molar-refractivity contribution is 0.414. The normalized spacial score (nSPS) is 12.3. The lowest BCUT2D eigenvalue weighted by atomic mass is 9.97. The molecular formula is C15H20ClN3O. The van der Waals surface area contributed by atoms with Crippen LogP contribution in [-0.4, -0.2) is 27.8 Å². The van der Waals surface area contributed by atoms with Gasteiger partial charge in [0.2, 0.25) is 0 Å². The average Bonchev–Trinajstić information content (AvgIpc) is 2.94. The van der Waals surface area contributed by atoms with Crippen LogP contribution in [0.15, 0.2) is 30.6 Å². The van der Waals surface area contributed by atoms with Crippen molar-refractivity contribution in [2.45, 2.75) is 26.3 Å². The van der Waals surface area contributed by atoms with Crippen LogP contribution >= 0.6 is 11.6 Å². The molecule has 5 heteroatoms. The van der Waals surface area contributed by atoms with Gasteiger partial charge >= 0.3 is 0 Å². The topological polar surface area (TPSA) is 39.9 Å². The molecule has 4 nitrogen and oxygen atoms in total. The first-order chi connectivity index (χ1) is 9.76. The summed E-state index contributed by atoms with van der Waals surface area (Å²) in [4.78, 5) is 4.32. The number of aryl methyl sites for hydroxylation is 1. The van der Waals surface area contributed by atoms with Crippen molar-refractivity contribution in [1.29, 1.82) is 0 Å². The summed E-state index contributed by atoms with van der Waals surface area (Å²) in [6.45, 7) is 2.91. The van der Waals surface area contributed by atoms with Crippen molar-refractivity contribution in [3.05, 3.63) is 42.0 Å². The van der Waals surface area contributed by atoms with Crippen LogP contribution in [0.4, 0.5) is 0 Å². The smallest absolute Gasteiger partial charge is 0.138 e. The van der Waals surface area contributed by atoms with Crippen LogP contribution in [0, 0.1) is 5.92 Å². The van der Waals surface area contributed by atoms with Crippen molar-refractivity contribution in [3.63, 3.8) is 0 Å². The molecule has 0 saturated heterocycles. The Morgan fingerprint density at radius 2 is 2.00 bits per heavy atom. The Bertz CT molecular complexity index is 524. The van der Waals surface area contributed by atoms with E-state index < -0.39 is 0 Å². The van der Waals surface area contributed by atoms with Crippen LogP contribution in [0.2, 0.25) is 0 Å². The Morgan fingerprint density at radius 3 is 2.60 bits per heavy atom. The predicted molar refractivity (Wildman–Crippen MR) is 80.3 cm³/mol. The third-order valence-corrected chi connectivity index (χ3v) is 3.80. The van der Waals surface area contributed by atoms with Gasteiger partial charge in [0.1, 0.15) is 17.9 Å². The highest BCUT2D eigenvalue weighted by Crippen LogP contribution is 2.18. The van der Waals surface area contributed by atoms with Crippen LogP contribution in [0.3, 0.4) is 0 Å². The molecule has 0 fully saturated rings. The zero-order chi connectivity index (χ0) is 14.4. The highest BCUT2D eigenvalue weighted by molar-refractivity contribution is 6.18. The Balaban J connectivity index is 2.01. The van der Waals surface area contributed by atoms with E-state index in [4.69, 9.17) is 16.3 Å². The van der Waals surface area contributed by atoms with E-state index in [1.807, 2.05) is 16.8 Å². The minimum atomic E-state index is 0.361. The molecule has 0 saturated carbocycles. The summed E-state index contributed by atoms with van der Waals surface area (Å²) in [6.07, 6.45) is 3.39. The van der Waals surface area contributed by atoms with Crippen LogP contribution in [0.1, 0.15) is 18.3 Å². The molecule has 0 aliphatic rings. The number of rotatable bonds is 7. The van der Waals surface area contributed by atoms with E-state index in [1.165, 1.54) is 5.56 Å². The molecular weight excluding hydrogens is 274 g/mol. The predicted octanol–water partition coefficient (Wildman–Crippen LogP) is 2.95. The maximum absolute atomic E-state index is 6.11. The van der Waals surface area contributed by atoms with Crippen LogP contribution in [0.5, 0.6) is 5.75 Å². The standard InChI is InChI=1S/C15H20ClN3O/c1-3-19-15(17-11-18-19)9-13(10-16)8-12-4-6-14(20-2)7-5-12/h4-7,11,13H,3,8-10H2,1-2H3. The number of aromatic nitrogens is 3. The number of hydrogen-bond acceptors (Lipinski definition) is 3. The molecule has 0 aliphatic heterocycles. The molecule has 0 amide bonds. The van der Waals surface area contributed by atoms with E-state index >= 15 is 0 Å². The summed E-state index contributed by atoms with van der Waals surface area (Å²) in [5.41, 5.74) is 1.26. The quantitative estimate of drug-likeness (QED) is 0.737. The van der Waals surface area contributed by atoms with Gasteiger partial charge in [0.25, 0.3) is 0 Å². The molecule has 1 heterocycles. The Labute approximate surface area is 124 Å². The number of alkyl halides is 1. The summed E-state index contributed by atoms with van der Waals surface area (Å²) >= 11 is 6.11. The third kappa shape index (κ3) is 3.73. The summed E-state index contributed by atoms with van der Waals surface area (Å²) in [5.74, 6) is 2.86. The first-order valence-corrected chi connectivity index (χ1v) is 7.35. The van der Waals surface area contributed by atoms with Crippen molar-refractivity contribution in [2.75, 3.05) is 13.0 Å². The van der Waals surface area contributed by atoms with E-state index in [0.29, 0.717) is 11.8 Å². The van der Waals surface area contributed by atoms with Gasteiger partial charge in [-0.3, -0.25) is 4.68 Å². The number of benzene rings is 1. The van der Waals surface area contributed by atoms with Crippen LogP contribution in [0.25, 0.3) is 0 Å². The fourth-order valence-corrected chi connectivity index (χ4v) is 2.46.